The molecule has 0 aliphatic heterocycles. The molecule has 0 fully saturated rings. The molecule has 4 N–H and O–H groups in total. The third-order valence-corrected chi connectivity index (χ3v) is 1.70. The fourth-order valence-electron chi connectivity index (χ4n) is 1.05. The number of hydrogen-bond acceptors (Lipinski definition) is 3. The van der Waals surface area contributed by atoms with E-state index in [1.165, 1.54) is 6.07 Å². The van der Waals surface area contributed by atoms with Gasteiger partial charge in [0, 0.05) is 18.3 Å². The first-order valence-electron chi connectivity index (χ1n) is 4.42. The van der Waals surface area contributed by atoms with Gasteiger partial charge >= 0.3 is 0 Å². The number of pyridine rings is 1. The molecular weight excluding hydrogens is 166 g/mol. The summed E-state index contributed by atoms with van der Waals surface area (Å²) in [5.41, 5.74) is 6.18. The Labute approximate surface area is 77.2 Å². The lowest BCUT2D eigenvalue weighted by atomic mass is 10.3. The summed E-state index contributed by atoms with van der Waals surface area (Å²) in [6, 6.07) is 5.14. The zero-order valence-corrected chi connectivity index (χ0v) is 7.55. The summed E-state index contributed by atoms with van der Waals surface area (Å²) in [4.78, 5) is 13.6. The molecular formula is C9H15N3O. The van der Waals surface area contributed by atoms with E-state index in [4.69, 9.17) is 5.73 Å². The highest BCUT2D eigenvalue weighted by atomic mass is 16.1. The minimum Gasteiger partial charge on any atom is -0.330 e. The number of aromatic nitrogens is 1. The van der Waals surface area contributed by atoms with Gasteiger partial charge in [0.2, 0.25) is 5.56 Å². The summed E-state index contributed by atoms with van der Waals surface area (Å²) in [6.07, 6.45) is 0.955. The molecule has 72 valence electrons. The van der Waals surface area contributed by atoms with Crippen molar-refractivity contribution in [3.05, 3.63) is 34.2 Å². The molecule has 0 unspecified atom stereocenters. The van der Waals surface area contributed by atoms with E-state index in [0.717, 1.165) is 18.7 Å². The number of aromatic amines is 1. The summed E-state index contributed by atoms with van der Waals surface area (Å²) in [5, 5.41) is 3.18. The van der Waals surface area contributed by atoms with Crippen LogP contribution in [0.4, 0.5) is 0 Å². The van der Waals surface area contributed by atoms with Crippen molar-refractivity contribution in [1.29, 1.82) is 0 Å². The monoisotopic (exact) mass is 181 g/mol. The van der Waals surface area contributed by atoms with Gasteiger partial charge in [0.25, 0.3) is 0 Å². The number of nitrogens with two attached hydrogens (primary N) is 1. The van der Waals surface area contributed by atoms with Crippen molar-refractivity contribution in [3.63, 3.8) is 0 Å². The zero-order valence-electron chi connectivity index (χ0n) is 7.55. The highest BCUT2D eigenvalue weighted by Crippen LogP contribution is 1.88. The molecule has 0 aromatic carbocycles. The van der Waals surface area contributed by atoms with Gasteiger partial charge in [0.1, 0.15) is 0 Å². The molecule has 0 bridgehead atoms. The largest absolute Gasteiger partial charge is 0.330 e. The van der Waals surface area contributed by atoms with E-state index in [-0.39, 0.29) is 5.56 Å². The predicted octanol–water partition coefficient (Wildman–Crippen LogP) is -0.187. The van der Waals surface area contributed by atoms with Crippen LogP contribution in [0.5, 0.6) is 0 Å². The molecule has 1 aromatic rings. The highest BCUT2D eigenvalue weighted by Gasteiger charge is 1.91. The van der Waals surface area contributed by atoms with Gasteiger partial charge in [0.15, 0.2) is 0 Å². The molecule has 1 rings (SSSR count). The number of hydrogen-bond donors (Lipinski definition) is 3. The van der Waals surface area contributed by atoms with Gasteiger partial charge in [-0.2, -0.15) is 0 Å². The SMILES string of the molecule is NCCCNCc1cccc(=O)[nH]1. The van der Waals surface area contributed by atoms with Crippen LogP contribution >= 0.6 is 0 Å². The van der Waals surface area contributed by atoms with Crippen LogP contribution in [0.15, 0.2) is 23.0 Å². The summed E-state index contributed by atoms with van der Waals surface area (Å²) < 4.78 is 0. The fourth-order valence-corrected chi connectivity index (χ4v) is 1.05. The molecule has 0 amide bonds. The summed E-state index contributed by atoms with van der Waals surface area (Å²) in [5.74, 6) is 0. The van der Waals surface area contributed by atoms with Crippen molar-refractivity contribution in [2.75, 3.05) is 13.1 Å². The van der Waals surface area contributed by atoms with E-state index in [9.17, 15) is 4.79 Å². The highest BCUT2D eigenvalue weighted by molar-refractivity contribution is 5.03. The van der Waals surface area contributed by atoms with E-state index in [1.54, 1.807) is 6.07 Å². The lowest BCUT2D eigenvalue weighted by Crippen LogP contribution is -2.19. The number of rotatable bonds is 5. The van der Waals surface area contributed by atoms with Gasteiger partial charge in [-0.25, -0.2) is 0 Å². The second kappa shape index (κ2) is 5.50. The first-order chi connectivity index (χ1) is 6.33. The van der Waals surface area contributed by atoms with Gasteiger partial charge in [-0.05, 0) is 25.6 Å². The van der Waals surface area contributed by atoms with Crippen LogP contribution in [0.25, 0.3) is 0 Å². The number of nitrogens with one attached hydrogen (secondary N) is 2. The van der Waals surface area contributed by atoms with Crippen LogP contribution in [0.2, 0.25) is 0 Å². The van der Waals surface area contributed by atoms with Gasteiger partial charge in [-0.3, -0.25) is 4.79 Å². The summed E-state index contributed by atoms with van der Waals surface area (Å²) in [6.45, 7) is 2.27. The molecule has 1 heterocycles. The summed E-state index contributed by atoms with van der Waals surface area (Å²) in [7, 11) is 0. The van der Waals surface area contributed by atoms with Crippen molar-refractivity contribution < 1.29 is 0 Å². The van der Waals surface area contributed by atoms with Crippen LogP contribution in [-0.2, 0) is 6.54 Å². The van der Waals surface area contributed by atoms with Crippen molar-refractivity contribution in [3.8, 4) is 0 Å². The van der Waals surface area contributed by atoms with Crippen LogP contribution < -0.4 is 16.6 Å². The Morgan fingerprint density at radius 3 is 3.00 bits per heavy atom. The predicted molar refractivity (Wildman–Crippen MR) is 52.4 cm³/mol. The van der Waals surface area contributed by atoms with E-state index < -0.39 is 0 Å². The Balaban J connectivity index is 2.33. The van der Waals surface area contributed by atoms with E-state index in [2.05, 4.69) is 10.3 Å². The molecule has 0 spiro atoms. The average Bonchev–Trinajstić information content (AvgIpc) is 2.13. The average molecular weight is 181 g/mol. The van der Waals surface area contributed by atoms with Gasteiger partial charge in [0.05, 0.1) is 0 Å². The zero-order chi connectivity index (χ0) is 9.52. The second-order valence-corrected chi connectivity index (χ2v) is 2.86. The molecule has 13 heavy (non-hydrogen) atoms. The third-order valence-electron chi connectivity index (χ3n) is 1.70. The van der Waals surface area contributed by atoms with Crippen LogP contribution in [0.1, 0.15) is 12.1 Å². The van der Waals surface area contributed by atoms with Gasteiger partial charge < -0.3 is 16.0 Å². The van der Waals surface area contributed by atoms with Gasteiger partial charge in [-0.15, -0.1) is 0 Å². The van der Waals surface area contributed by atoms with Crippen molar-refractivity contribution >= 4 is 0 Å². The molecule has 4 nitrogen and oxygen atoms in total. The Hall–Kier alpha value is -1.13. The first-order valence-corrected chi connectivity index (χ1v) is 4.42. The van der Waals surface area contributed by atoms with E-state index in [1.807, 2.05) is 6.07 Å². The maximum absolute atomic E-state index is 10.9. The van der Waals surface area contributed by atoms with Crippen LogP contribution in [0.3, 0.4) is 0 Å². The molecule has 0 saturated heterocycles. The molecule has 0 saturated carbocycles. The molecule has 0 atom stereocenters. The molecule has 4 heteroatoms. The number of H-pyrrole nitrogens is 1. The summed E-state index contributed by atoms with van der Waals surface area (Å²) >= 11 is 0. The second-order valence-electron chi connectivity index (χ2n) is 2.86. The van der Waals surface area contributed by atoms with Crippen molar-refractivity contribution in [2.45, 2.75) is 13.0 Å². The first kappa shape index (κ1) is 9.95. The maximum atomic E-state index is 10.9. The Bertz CT molecular complexity index is 295. The van der Waals surface area contributed by atoms with E-state index in [0.29, 0.717) is 13.1 Å². The maximum Gasteiger partial charge on any atom is 0.248 e. The molecule has 0 radical (unpaired) electrons. The Morgan fingerprint density at radius 1 is 1.46 bits per heavy atom. The standard InChI is InChI=1S/C9H15N3O/c10-5-2-6-11-7-8-3-1-4-9(13)12-8/h1,3-4,11H,2,5-7,10H2,(H,12,13). The lowest BCUT2D eigenvalue weighted by molar-refractivity contribution is 0.645. The minimum atomic E-state index is -0.0573. The quantitative estimate of drug-likeness (QED) is 0.551. The van der Waals surface area contributed by atoms with Gasteiger partial charge in [-0.1, -0.05) is 6.07 Å². The van der Waals surface area contributed by atoms with Crippen LogP contribution in [-0.4, -0.2) is 18.1 Å². The van der Waals surface area contributed by atoms with Crippen molar-refractivity contribution in [1.82, 2.24) is 10.3 Å². The molecule has 1 aromatic heterocycles. The van der Waals surface area contributed by atoms with Crippen molar-refractivity contribution in [2.24, 2.45) is 5.73 Å². The Kier molecular flexibility index (Phi) is 4.21. The fraction of sp³-hybridized carbons (Fsp3) is 0.444. The topological polar surface area (TPSA) is 70.9 Å². The van der Waals surface area contributed by atoms with E-state index >= 15 is 0 Å². The Morgan fingerprint density at radius 2 is 2.31 bits per heavy atom. The molecule has 0 aliphatic rings. The smallest absolute Gasteiger partial charge is 0.248 e. The lowest BCUT2D eigenvalue weighted by Gasteiger charge is -2.02. The molecule has 0 aliphatic carbocycles. The minimum absolute atomic E-state index is 0.0573. The van der Waals surface area contributed by atoms with Crippen LogP contribution in [0, 0.1) is 0 Å². The third kappa shape index (κ3) is 3.87. The normalized spacial score (nSPS) is 10.2.